The number of rotatable bonds is 3. The highest BCUT2D eigenvalue weighted by atomic mass is 79.9. The van der Waals surface area contributed by atoms with Crippen molar-refractivity contribution >= 4 is 21.6 Å². The molecule has 1 fully saturated rings. The Morgan fingerprint density at radius 1 is 1.42 bits per heavy atom. The molecule has 19 heavy (non-hydrogen) atoms. The fraction of sp³-hybridized carbons (Fsp3) is 0.538. The van der Waals surface area contributed by atoms with Crippen LogP contribution in [0.3, 0.4) is 0 Å². The van der Waals surface area contributed by atoms with Crippen LogP contribution in [0.15, 0.2) is 22.7 Å². The predicted octanol–water partition coefficient (Wildman–Crippen LogP) is 4.30. The molecule has 1 saturated heterocycles. The molecule has 0 amide bonds. The maximum atomic E-state index is 12.9. The van der Waals surface area contributed by atoms with Gasteiger partial charge in [-0.2, -0.15) is 13.2 Å². The third-order valence-electron chi connectivity index (χ3n) is 3.37. The summed E-state index contributed by atoms with van der Waals surface area (Å²) in [4.78, 5) is 0. The molecular formula is C13H15BrF3NO. The van der Waals surface area contributed by atoms with Gasteiger partial charge in [0.2, 0.25) is 0 Å². The van der Waals surface area contributed by atoms with Gasteiger partial charge in [-0.3, -0.25) is 0 Å². The summed E-state index contributed by atoms with van der Waals surface area (Å²) in [5, 5.41) is 2.90. The molecule has 0 aliphatic carbocycles. The van der Waals surface area contributed by atoms with Crippen LogP contribution >= 0.6 is 15.9 Å². The molecule has 2 nitrogen and oxygen atoms in total. The summed E-state index contributed by atoms with van der Waals surface area (Å²) >= 11 is 3.07. The highest BCUT2D eigenvalue weighted by molar-refractivity contribution is 9.10. The van der Waals surface area contributed by atoms with E-state index in [1.54, 1.807) is 6.07 Å². The van der Waals surface area contributed by atoms with Crippen LogP contribution in [-0.4, -0.2) is 19.3 Å². The van der Waals surface area contributed by atoms with E-state index in [0.29, 0.717) is 17.6 Å². The fourth-order valence-electron chi connectivity index (χ4n) is 2.19. The van der Waals surface area contributed by atoms with Crippen LogP contribution < -0.4 is 5.32 Å². The minimum atomic E-state index is -4.36. The number of alkyl halides is 3. The van der Waals surface area contributed by atoms with Crippen molar-refractivity contribution in [3.05, 3.63) is 28.2 Å². The van der Waals surface area contributed by atoms with Gasteiger partial charge < -0.3 is 10.1 Å². The van der Waals surface area contributed by atoms with E-state index >= 15 is 0 Å². The molecule has 0 saturated carbocycles. The van der Waals surface area contributed by atoms with E-state index in [2.05, 4.69) is 21.2 Å². The average Bonchev–Trinajstić information content (AvgIpc) is 2.72. The smallest absolute Gasteiger partial charge is 0.384 e. The number of anilines is 1. The van der Waals surface area contributed by atoms with Gasteiger partial charge in [0.25, 0.3) is 0 Å². The van der Waals surface area contributed by atoms with Gasteiger partial charge in [0.05, 0.1) is 11.7 Å². The van der Waals surface area contributed by atoms with Gasteiger partial charge in [0.15, 0.2) is 0 Å². The van der Waals surface area contributed by atoms with Crippen LogP contribution in [0.4, 0.5) is 18.9 Å². The maximum Gasteiger partial charge on any atom is 0.418 e. The van der Waals surface area contributed by atoms with Crippen molar-refractivity contribution in [1.82, 2.24) is 0 Å². The molecule has 1 aliphatic heterocycles. The summed E-state index contributed by atoms with van der Waals surface area (Å²) < 4.78 is 44.6. The van der Waals surface area contributed by atoms with Gasteiger partial charge in [0.1, 0.15) is 0 Å². The molecule has 2 unspecified atom stereocenters. The van der Waals surface area contributed by atoms with E-state index in [9.17, 15) is 13.2 Å². The molecule has 2 rings (SSSR count). The molecule has 0 aromatic heterocycles. The number of ether oxygens (including phenoxy) is 1. The molecule has 106 valence electrons. The van der Waals surface area contributed by atoms with Gasteiger partial charge in [0, 0.05) is 29.2 Å². The van der Waals surface area contributed by atoms with Crippen LogP contribution in [0.25, 0.3) is 0 Å². The Bertz CT molecular complexity index is 450. The van der Waals surface area contributed by atoms with Crippen molar-refractivity contribution in [2.45, 2.75) is 25.6 Å². The molecule has 6 heteroatoms. The zero-order valence-corrected chi connectivity index (χ0v) is 12.0. The lowest BCUT2D eigenvalue weighted by atomic mass is 10.0. The maximum absolute atomic E-state index is 12.9. The first kappa shape index (κ1) is 14.7. The SMILES string of the molecule is CC1OCCC1CNc1ccc(Br)cc1C(F)(F)F. The largest absolute Gasteiger partial charge is 0.418 e. The molecule has 0 bridgehead atoms. The van der Waals surface area contributed by atoms with Crippen LogP contribution in [-0.2, 0) is 10.9 Å². The number of hydrogen-bond donors (Lipinski definition) is 1. The van der Waals surface area contributed by atoms with E-state index in [1.165, 1.54) is 6.07 Å². The molecule has 0 radical (unpaired) electrons. The first-order valence-corrected chi connectivity index (χ1v) is 6.89. The predicted molar refractivity (Wildman–Crippen MR) is 71.2 cm³/mol. The Morgan fingerprint density at radius 3 is 2.74 bits per heavy atom. The quantitative estimate of drug-likeness (QED) is 0.887. The summed E-state index contributed by atoms with van der Waals surface area (Å²) in [7, 11) is 0. The number of benzene rings is 1. The molecule has 1 heterocycles. The molecule has 1 aromatic carbocycles. The monoisotopic (exact) mass is 337 g/mol. The molecule has 1 aromatic rings. The first-order valence-electron chi connectivity index (χ1n) is 6.10. The van der Waals surface area contributed by atoms with E-state index in [4.69, 9.17) is 4.74 Å². The highest BCUT2D eigenvalue weighted by Gasteiger charge is 2.34. The lowest BCUT2D eigenvalue weighted by Gasteiger charge is -2.19. The molecule has 1 aliphatic rings. The van der Waals surface area contributed by atoms with Crippen molar-refractivity contribution in [1.29, 1.82) is 0 Å². The molecule has 0 spiro atoms. The van der Waals surface area contributed by atoms with Crippen LogP contribution in [0.5, 0.6) is 0 Å². The second-order valence-corrected chi connectivity index (χ2v) is 5.61. The Labute approximate surface area is 118 Å². The van der Waals surface area contributed by atoms with Crippen LogP contribution in [0.2, 0.25) is 0 Å². The molecule has 2 atom stereocenters. The van der Waals surface area contributed by atoms with Gasteiger partial charge >= 0.3 is 6.18 Å². The van der Waals surface area contributed by atoms with Crippen molar-refractivity contribution in [2.75, 3.05) is 18.5 Å². The molecular weight excluding hydrogens is 323 g/mol. The van der Waals surface area contributed by atoms with Gasteiger partial charge in [-0.15, -0.1) is 0 Å². The summed E-state index contributed by atoms with van der Waals surface area (Å²) in [5.74, 6) is 0.254. The number of halogens is 4. The fourth-order valence-corrected chi connectivity index (χ4v) is 2.55. The number of hydrogen-bond acceptors (Lipinski definition) is 2. The third kappa shape index (κ3) is 3.63. The second kappa shape index (κ2) is 5.71. The van der Waals surface area contributed by atoms with Gasteiger partial charge in [-0.05, 0) is 31.5 Å². The zero-order valence-electron chi connectivity index (χ0n) is 10.4. The minimum absolute atomic E-state index is 0.0947. The summed E-state index contributed by atoms with van der Waals surface area (Å²) in [5.41, 5.74) is -0.525. The van der Waals surface area contributed by atoms with Crippen molar-refractivity contribution in [2.24, 2.45) is 5.92 Å². The van der Waals surface area contributed by atoms with Crippen LogP contribution in [0.1, 0.15) is 18.9 Å². The van der Waals surface area contributed by atoms with E-state index in [-0.39, 0.29) is 17.7 Å². The second-order valence-electron chi connectivity index (χ2n) is 4.69. The van der Waals surface area contributed by atoms with Gasteiger partial charge in [-0.1, -0.05) is 15.9 Å². The zero-order chi connectivity index (χ0) is 14.0. The Hall–Kier alpha value is -0.750. The van der Waals surface area contributed by atoms with Crippen LogP contribution in [0, 0.1) is 5.92 Å². The highest BCUT2D eigenvalue weighted by Crippen LogP contribution is 2.36. The third-order valence-corrected chi connectivity index (χ3v) is 3.87. The summed E-state index contributed by atoms with van der Waals surface area (Å²) in [6.45, 7) is 3.12. The summed E-state index contributed by atoms with van der Waals surface area (Å²) in [6.07, 6.45) is -3.38. The molecule has 1 N–H and O–H groups in total. The normalized spacial score (nSPS) is 23.6. The Morgan fingerprint density at radius 2 is 2.16 bits per heavy atom. The van der Waals surface area contributed by atoms with E-state index in [0.717, 1.165) is 12.5 Å². The average molecular weight is 338 g/mol. The number of nitrogens with one attached hydrogen (secondary N) is 1. The van der Waals surface area contributed by atoms with Crippen molar-refractivity contribution in [3.8, 4) is 0 Å². The minimum Gasteiger partial charge on any atom is -0.384 e. The van der Waals surface area contributed by atoms with E-state index in [1.807, 2.05) is 6.92 Å². The standard InChI is InChI=1S/C13H15BrF3NO/c1-8-9(4-5-19-8)7-18-12-3-2-10(14)6-11(12)13(15,16)17/h2-3,6,8-9,18H,4-5,7H2,1H3. The van der Waals surface area contributed by atoms with Crippen molar-refractivity contribution < 1.29 is 17.9 Å². The summed E-state index contributed by atoms with van der Waals surface area (Å²) in [6, 6.07) is 4.15. The Kier molecular flexibility index (Phi) is 4.40. The lowest BCUT2D eigenvalue weighted by molar-refractivity contribution is -0.137. The van der Waals surface area contributed by atoms with Gasteiger partial charge in [-0.25, -0.2) is 0 Å². The lowest BCUT2D eigenvalue weighted by Crippen LogP contribution is -2.22. The van der Waals surface area contributed by atoms with Crippen molar-refractivity contribution in [3.63, 3.8) is 0 Å². The topological polar surface area (TPSA) is 21.3 Å². The first-order chi connectivity index (χ1) is 8.88. The Balaban J connectivity index is 2.11. The van der Waals surface area contributed by atoms with E-state index < -0.39 is 11.7 Å².